The first-order chi connectivity index (χ1) is 12.6. The quantitative estimate of drug-likeness (QED) is 0.672. The highest BCUT2D eigenvalue weighted by atomic mass is 19.1. The molecule has 1 N–H and O–H groups in total. The van der Waals surface area contributed by atoms with Crippen molar-refractivity contribution in [1.29, 1.82) is 5.26 Å². The molecule has 0 aliphatic carbocycles. The zero-order valence-corrected chi connectivity index (χ0v) is 13.8. The van der Waals surface area contributed by atoms with E-state index in [0.717, 1.165) is 0 Å². The van der Waals surface area contributed by atoms with Crippen molar-refractivity contribution in [1.82, 2.24) is 5.32 Å². The average Bonchev–Trinajstić information content (AvgIpc) is 2.66. The van der Waals surface area contributed by atoms with Crippen LogP contribution in [0.15, 0.2) is 71.8 Å². The summed E-state index contributed by atoms with van der Waals surface area (Å²) in [6.45, 7) is 0. The number of nitro groups is 1. The molecule has 2 aromatic rings. The van der Waals surface area contributed by atoms with Gasteiger partial charge in [-0.05, 0) is 17.7 Å². The lowest BCUT2D eigenvalue weighted by molar-refractivity contribution is -0.433. The molecule has 6 nitrogen and oxygen atoms in total. The molecule has 0 fully saturated rings. The number of ether oxygens (including phenoxy) is 1. The third-order valence-electron chi connectivity index (χ3n) is 4.01. The number of nitrogens with zero attached hydrogens (tertiary/aromatic N) is 2. The molecule has 0 saturated heterocycles. The topological polar surface area (TPSA) is 88.2 Å². The Labute approximate surface area is 149 Å². The van der Waals surface area contributed by atoms with Crippen molar-refractivity contribution in [2.75, 3.05) is 7.05 Å². The van der Waals surface area contributed by atoms with Crippen LogP contribution in [0, 0.1) is 27.3 Å². The molecule has 0 saturated carbocycles. The van der Waals surface area contributed by atoms with Crippen LogP contribution in [0.3, 0.4) is 0 Å². The largest absolute Gasteiger partial charge is 0.434 e. The molecule has 1 aliphatic heterocycles. The second kappa shape index (κ2) is 7.07. The Hall–Kier alpha value is -3.66. The number of hydrogen-bond donors (Lipinski definition) is 1. The van der Waals surface area contributed by atoms with E-state index in [9.17, 15) is 19.8 Å². The van der Waals surface area contributed by atoms with Crippen molar-refractivity contribution < 1.29 is 14.1 Å². The van der Waals surface area contributed by atoms with Gasteiger partial charge >= 0.3 is 5.70 Å². The second-order valence-electron chi connectivity index (χ2n) is 5.53. The number of nitriles is 1. The summed E-state index contributed by atoms with van der Waals surface area (Å²) in [4.78, 5) is 11.1. The monoisotopic (exact) mass is 351 g/mol. The average molecular weight is 351 g/mol. The second-order valence-corrected chi connectivity index (χ2v) is 5.53. The molecule has 3 rings (SSSR count). The van der Waals surface area contributed by atoms with Gasteiger partial charge in [0.2, 0.25) is 0 Å². The van der Waals surface area contributed by atoms with Crippen LogP contribution >= 0.6 is 0 Å². The Kier molecular flexibility index (Phi) is 4.67. The number of rotatable bonds is 4. The molecule has 1 heterocycles. The van der Waals surface area contributed by atoms with E-state index in [4.69, 9.17) is 4.74 Å². The maximum atomic E-state index is 13.7. The molecule has 2 aromatic carbocycles. The van der Waals surface area contributed by atoms with Crippen molar-refractivity contribution in [3.63, 3.8) is 0 Å². The van der Waals surface area contributed by atoms with Crippen molar-refractivity contribution in [3.05, 3.63) is 98.8 Å². The molecule has 130 valence electrons. The van der Waals surface area contributed by atoms with Gasteiger partial charge in [-0.2, -0.15) is 5.26 Å². The fraction of sp³-hybridized carbons (Fsp3) is 0.105. The van der Waals surface area contributed by atoms with Crippen LogP contribution in [0.25, 0.3) is 5.76 Å². The van der Waals surface area contributed by atoms with Gasteiger partial charge in [-0.25, -0.2) is 4.39 Å². The first-order valence-corrected chi connectivity index (χ1v) is 7.76. The van der Waals surface area contributed by atoms with Crippen LogP contribution in [0.5, 0.6) is 0 Å². The van der Waals surface area contributed by atoms with E-state index >= 15 is 0 Å². The lowest BCUT2D eigenvalue weighted by atomic mass is 9.85. The highest BCUT2D eigenvalue weighted by Gasteiger charge is 2.41. The highest BCUT2D eigenvalue weighted by Crippen LogP contribution is 2.42. The summed E-state index contributed by atoms with van der Waals surface area (Å²) in [7, 11) is 1.49. The van der Waals surface area contributed by atoms with Gasteiger partial charge in [-0.3, -0.25) is 10.1 Å². The smallest absolute Gasteiger partial charge is 0.318 e. The van der Waals surface area contributed by atoms with E-state index in [0.29, 0.717) is 11.1 Å². The molecule has 0 unspecified atom stereocenters. The Balaban J connectivity index is 2.29. The SMILES string of the molecule is CNC1=C([N+](=O)[O-])[C@H](c2cccc(F)c2)C(C#N)=C(c2ccccc2)O1. The molecule has 1 atom stereocenters. The van der Waals surface area contributed by atoms with Gasteiger partial charge in [0.25, 0.3) is 5.88 Å². The molecule has 0 aromatic heterocycles. The van der Waals surface area contributed by atoms with Crippen LogP contribution < -0.4 is 5.32 Å². The summed E-state index contributed by atoms with van der Waals surface area (Å²) < 4.78 is 19.4. The van der Waals surface area contributed by atoms with Gasteiger partial charge in [0.05, 0.1) is 16.6 Å². The summed E-state index contributed by atoms with van der Waals surface area (Å²) in [5.41, 5.74) is 0.611. The molecule has 0 bridgehead atoms. The molecule has 7 heteroatoms. The number of hydrogen-bond acceptors (Lipinski definition) is 5. The Bertz CT molecular complexity index is 961. The fourth-order valence-electron chi connectivity index (χ4n) is 2.91. The maximum Gasteiger partial charge on any atom is 0.318 e. The van der Waals surface area contributed by atoms with Crippen LogP contribution in [-0.2, 0) is 4.74 Å². The van der Waals surface area contributed by atoms with E-state index in [1.54, 1.807) is 36.4 Å². The summed E-state index contributed by atoms with van der Waals surface area (Å²) in [5, 5.41) is 24.1. The molecule has 0 amide bonds. The van der Waals surface area contributed by atoms with E-state index in [2.05, 4.69) is 5.32 Å². The van der Waals surface area contributed by atoms with E-state index in [-0.39, 0.29) is 22.9 Å². The molecule has 0 spiro atoms. The third kappa shape index (κ3) is 3.00. The lowest BCUT2D eigenvalue weighted by Gasteiger charge is -2.25. The van der Waals surface area contributed by atoms with Gasteiger partial charge in [0.1, 0.15) is 11.7 Å². The summed E-state index contributed by atoms with van der Waals surface area (Å²) >= 11 is 0. The summed E-state index contributed by atoms with van der Waals surface area (Å²) in [6.07, 6.45) is 0. The van der Waals surface area contributed by atoms with Gasteiger partial charge in [0.15, 0.2) is 5.76 Å². The van der Waals surface area contributed by atoms with Crippen LogP contribution in [0.4, 0.5) is 4.39 Å². The minimum absolute atomic E-state index is 0.0486. The predicted octanol–water partition coefficient (Wildman–Crippen LogP) is 3.54. The van der Waals surface area contributed by atoms with Crippen molar-refractivity contribution >= 4 is 5.76 Å². The van der Waals surface area contributed by atoms with Crippen LogP contribution in [-0.4, -0.2) is 12.0 Å². The van der Waals surface area contributed by atoms with E-state index in [1.165, 1.54) is 25.2 Å². The van der Waals surface area contributed by atoms with Crippen molar-refractivity contribution in [2.24, 2.45) is 0 Å². The number of nitrogens with one attached hydrogen (secondary N) is 1. The van der Waals surface area contributed by atoms with E-state index in [1.807, 2.05) is 6.07 Å². The fourth-order valence-corrected chi connectivity index (χ4v) is 2.91. The van der Waals surface area contributed by atoms with E-state index < -0.39 is 16.7 Å². The Morgan fingerprint density at radius 1 is 1.23 bits per heavy atom. The van der Waals surface area contributed by atoms with Crippen molar-refractivity contribution in [3.8, 4) is 6.07 Å². The zero-order chi connectivity index (χ0) is 18.7. The highest BCUT2D eigenvalue weighted by molar-refractivity contribution is 5.72. The van der Waals surface area contributed by atoms with Gasteiger partial charge in [-0.1, -0.05) is 42.5 Å². The normalized spacial score (nSPS) is 16.7. The van der Waals surface area contributed by atoms with Crippen LogP contribution in [0.1, 0.15) is 17.0 Å². The van der Waals surface area contributed by atoms with Gasteiger partial charge < -0.3 is 10.1 Å². The standard InChI is InChI=1S/C19H14FN3O3/c1-22-19-17(23(24)25)16(13-8-5-9-14(20)10-13)15(11-21)18(26-19)12-6-3-2-4-7-12/h2-10,16,22H,1H3/t16-/m1/s1. The summed E-state index contributed by atoms with van der Waals surface area (Å²) in [5.74, 6) is -1.47. The zero-order valence-electron chi connectivity index (χ0n) is 13.8. The molecular weight excluding hydrogens is 337 g/mol. The van der Waals surface area contributed by atoms with Crippen molar-refractivity contribution in [2.45, 2.75) is 5.92 Å². The number of allylic oxidation sites excluding steroid dienone is 1. The number of halogens is 1. The molecular formula is C19H14FN3O3. The lowest BCUT2D eigenvalue weighted by Crippen LogP contribution is -2.26. The van der Waals surface area contributed by atoms with Gasteiger partial charge in [0, 0.05) is 12.6 Å². The molecule has 0 radical (unpaired) electrons. The minimum Gasteiger partial charge on any atom is -0.434 e. The van der Waals surface area contributed by atoms with Gasteiger partial charge in [-0.15, -0.1) is 0 Å². The third-order valence-corrected chi connectivity index (χ3v) is 4.01. The minimum atomic E-state index is -1.06. The predicted molar refractivity (Wildman–Crippen MR) is 92.3 cm³/mol. The summed E-state index contributed by atoms with van der Waals surface area (Å²) in [6, 6.07) is 16.3. The number of benzene rings is 2. The molecule has 26 heavy (non-hydrogen) atoms. The first-order valence-electron chi connectivity index (χ1n) is 7.76. The molecule has 1 aliphatic rings. The maximum absolute atomic E-state index is 13.7. The van der Waals surface area contributed by atoms with Crippen LogP contribution in [0.2, 0.25) is 0 Å². The first kappa shape index (κ1) is 17.2. The Morgan fingerprint density at radius 3 is 2.54 bits per heavy atom. The Morgan fingerprint density at radius 2 is 1.96 bits per heavy atom.